The minimum Gasteiger partial charge on any atom is -0.508 e. The number of aromatic hydroxyl groups is 1. The number of hydrogen-bond acceptors (Lipinski definition) is 7. The second-order valence-corrected chi connectivity index (χ2v) is 6.87. The van der Waals surface area contributed by atoms with E-state index in [0.29, 0.717) is 43.4 Å². The van der Waals surface area contributed by atoms with E-state index in [1.807, 2.05) is 12.1 Å². The summed E-state index contributed by atoms with van der Waals surface area (Å²) >= 11 is 0. The van der Waals surface area contributed by atoms with Crippen molar-refractivity contribution in [3.05, 3.63) is 63.8 Å². The molecule has 1 aliphatic heterocycles. The number of fused-ring (bicyclic) bond motifs is 1. The molecule has 0 atom stereocenters. The summed E-state index contributed by atoms with van der Waals surface area (Å²) in [7, 11) is 3.12. The molecule has 0 amide bonds. The standard InChI is InChI=1S/C21H22N4O4/c1-28-18-9-14(26)10-19(29-2)16(18)11-25-8-5-15-17(12-25)23-20(24-21(15)27)13-3-6-22-7-4-13/h3-4,6-7,9-10,26H,5,8,11-12H2,1-2H3,(H,23,24,27). The van der Waals surface area contributed by atoms with Gasteiger partial charge in [0.25, 0.3) is 5.56 Å². The van der Waals surface area contributed by atoms with Crippen molar-refractivity contribution in [2.75, 3.05) is 20.8 Å². The van der Waals surface area contributed by atoms with Crippen LogP contribution in [0.3, 0.4) is 0 Å². The van der Waals surface area contributed by atoms with Crippen LogP contribution in [-0.2, 0) is 19.5 Å². The molecule has 29 heavy (non-hydrogen) atoms. The summed E-state index contributed by atoms with van der Waals surface area (Å²) in [6.07, 6.45) is 3.95. The van der Waals surface area contributed by atoms with Crippen molar-refractivity contribution in [1.29, 1.82) is 0 Å². The van der Waals surface area contributed by atoms with Gasteiger partial charge in [-0.15, -0.1) is 0 Å². The maximum absolute atomic E-state index is 12.6. The van der Waals surface area contributed by atoms with E-state index in [-0.39, 0.29) is 11.3 Å². The van der Waals surface area contributed by atoms with Gasteiger partial charge in [-0.3, -0.25) is 14.7 Å². The number of methoxy groups -OCH3 is 2. The van der Waals surface area contributed by atoms with E-state index in [0.717, 1.165) is 22.4 Å². The normalized spacial score (nSPS) is 13.7. The Kier molecular flexibility index (Phi) is 5.18. The number of hydrogen-bond donors (Lipinski definition) is 2. The number of phenols is 1. The van der Waals surface area contributed by atoms with Gasteiger partial charge in [0, 0.05) is 55.3 Å². The van der Waals surface area contributed by atoms with Crippen LogP contribution in [0.15, 0.2) is 41.5 Å². The van der Waals surface area contributed by atoms with E-state index in [1.165, 1.54) is 0 Å². The molecule has 3 heterocycles. The highest BCUT2D eigenvalue weighted by atomic mass is 16.5. The Hall–Kier alpha value is -3.39. The van der Waals surface area contributed by atoms with Gasteiger partial charge >= 0.3 is 0 Å². The number of nitrogens with zero attached hydrogens (tertiary/aromatic N) is 3. The molecule has 4 rings (SSSR count). The van der Waals surface area contributed by atoms with E-state index >= 15 is 0 Å². The summed E-state index contributed by atoms with van der Waals surface area (Å²) in [5.74, 6) is 1.74. The Morgan fingerprint density at radius 2 is 1.86 bits per heavy atom. The molecule has 0 unspecified atom stereocenters. The quantitative estimate of drug-likeness (QED) is 0.684. The Labute approximate surface area is 167 Å². The van der Waals surface area contributed by atoms with Crippen LogP contribution in [-0.4, -0.2) is 45.7 Å². The lowest BCUT2D eigenvalue weighted by Crippen LogP contribution is -2.35. The van der Waals surface area contributed by atoms with E-state index in [9.17, 15) is 9.90 Å². The molecular weight excluding hydrogens is 372 g/mol. The molecule has 0 aliphatic carbocycles. The monoisotopic (exact) mass is 394 g/mol. The molecule has 3 aromatic rings. The lowest BCUT2D eigenvalue weighted by atomic mass is 10.0. The number of benzene rings is 1. The van der Waals surface area contributed by atoms with Gasteiger partial charge in [0.1, 0.15) is 23.1 Å². The smallest absolute Gasteiger partial charge is 0.254 e. The molecule has 8 heteroatoms. The highest BCUT2D eigenvalue weighted by Crippen LogP contribution is 2.35. The van der Waals surface area contributed by atoms with Gasteiger partial charge < -0.3 is 19.6 Å². The molecule has 0 saturated heterocycles. The highest BCUT2D eigenvalue weighted by Gasteiger charge is 2.24. The lowest BCUT2D eigenvalue weighted by Gasteiger charge is -2.28. The van der Waals surface area contributed by atoms with Gasteiger partial charge in [-0.1, -0.05) is 0 Å². The van der Waals surface area contributed by atoms with Crippen molar-refractivity contribution in [2.24, 2.45) is 0 Å². The molecule has 1 aliphatic rings. The molecule has 0 saturated carbocycles. The zero-order chi connectivity index (χ0) is 20.4. The number of aromatic nitrogens is 3. The number of rotatable bonds is 5. The average Bonchev–Trinajstić information content (AvgIpc) is 2.75. The van der Waals surface area contributed by atoms with Crippen LogP contribution in [0.5, 0.6) is 17.2 Å². The van der Waals surface area contributed by atoms with Gasteiger partial charge in [0.05, 0.1) is 25.5 Å². The maximum Gasteiger partial charge on any atom is 0.254 e. The number of aromatic amines is 1. The van der Waals surface area contributed by atoms with Crippen molar-refractivity contribution in [2.45, 2.75) is 19.5 Å². The van der Waals surface area contributed by atoms with Crippen molar-refractivity contribution >= 4 is 0 Å². The minimum atomic E-state index is -0.0961. The first kappa shape index (κ1) is 18.9. The third kappa shape index (κ3) is 3.79. The molecule has 1 aromatic carbocycles. The van der Waals surface area contributed by atoms with Crippen molar-refractivity contribution < 1.29 is 14.6 Å². The van der Waals surface area contributed by atoms with E-state index in [2.05, 4.69) is 14.9 Å². The summed E-state index contributed by atoms with van der Waals surface area (Å²) in [6.45, 7) is 1.79. The SMILES string of the molecule is COc1cc(O)cc(OC)c1CN1CCc2c(nc(-c3ccncc3)[nH]c2=O)C1. The summed E-state index contributed by atoms with van der Waals surface area (Å²) in [4.78, 5) is 26.3. The number of phenolic OH excluding ortho intramolecular Hbond substituents is 1. The first-order valence-corrected chi connectivity index (χ1v) is 9.27. The highest BCUT2D eigenvalue weighted by molar-refractivity contribution is 5.54. The third-order valence-corrected chi connectivity index (χ3v) is 5.08. The van der Waals surface area contributed by atoms with Crippen LogP contribution in [0.2, 0.25) is 0 Å². The first-order chi connectivity index (χ1) is 14.1. The first-order valence-electron chi connectivity index (χ1n) is 9.27. The Morgan fingerprint density at radius 3 is 2.52 bits per heavy atom. The zero-order valence-corrected chi connectivity index (χ0v) is 16.3. The Bertz CT molecular complexity index is 1060. The largest absolute Gasteiger partial charge is 0.508 e. The topological polar surface area (TPSA) is 101 Å². The molecule has 0 spiro atoms. The zero-order valence-electron chi connectivity index (χ0n) is 16.3. The Balaban J connectivity index is 1.64. The predicted octanol–water partition coefficient (Wildman–Crippen LogP) is 2.11. The van der Waals surface area contributed by atoms with Gasteiger partial charge in [-0.2, -0.15) is 0 Å². The number of pyridine rings is 1. The van der Waals surface area contributed by atoms with Crippen LogP contribution in [0.25, 0.3) is 11.4 Å². The molecule has 0 radical (unpaired) electrons. The van der Waals surface area contributed by atoms with Crippen LogP contribution in [0.1, 0.15) is 16.8 Å². The summed E-state index contributed by atoms with van der Waals surface area (Å²) < 4.78 is 10.9. The fraction of sp³-hybridized carbons (Fsp3) is 0.286. The van der Waals surface area contributed by atoms with E-state index < -0.39 is 0 Å². The van der Waals surface area contributed by atoms with Crippen LogP contribution in [0.4, 0.5) is 0 Å². The van der Waals surface area contributed by atoms with Crippen molar-refractivity contribution in [3.63, 3.8) is 0 Å². The molecule has 0 fully saturated rings. The molecule has 0 bridgehead atoms. The van der Waals surface area contributed by atoms with Gasteiger partial charge in [-0.05, 0) is 18.6 Å². The second-order valence-electron chi connectivity index (χ2n) is 6.87. The predicted molar refractivity (Wildman–Crippen MR) is 107 cm³/mol. The Morgan fingerprint density at radius 1 is 1.17 bits per heavy atom. The summed E-state index contributed by atoms with van der Waals surface area (Å²) in [6, 6.07) is 6.77. The molecule has 2 aromatic heterocycles. The van der Waals surface area contributed by atoms with Crippen molar-refractivity contribution in [1.82, 2.24) is 19.9 Å². The third-order valence-electron chi connectivity index (χ3n) is 5.08. The molecule has 2 N–H and O–H groups in total. The van der Waals surface area contributed by atoms with Crippen LogP contribution >= 0.6 is 0 Å². The van der Waals surface area contributed by atoms with E-state index in [1.54, 1.807) is 38.7 Å². The number of nitrogens with one attached hydrogen (secondary N) is 1. The second kappa shape index (κ2) is 7.92. The summed E-state index contributed by atoms with van der Waals surface area (Å²) in [5, 5.41) is 9.86. The van der Waals surface area contributed by atoms with Gasteiger partial charge in [0.2, 0.25) is 0 Å². The molecule has 150 valence electrons. The van der Waals surface area contributed by atoms with Crippen molar-refractivity contribution in [3.8, 4) is 28.6 Å². The van der Waals surface area contributed by atoms with E-state index in [4.69, 9.17) is 14.5 Å². The lowest BCUT2D eigenvalue weighted by molar-refractivity contribution is 0.232. The maximum atomic E-state index is 12.6. The van der Waals surface area contributed by atoms with Crippen LogP contribution in [0, 0.1) is 0 Å². The molecular formula is C21H22N4O4. The fourth-order valence-electron chi connectivity index (χ4n) is 3.62. The van der Waals surface area contributed by atoms with Crippen LogP contribution < -0.4 is 15.0 Å². The molecule has 8 nitrogen and oxygen atoms in total. The van der Waals surface area contributed by atoms with Gasteiger partial charge in [0.15, 0.2) is 0 Å². The number of ether oxygens (including phenoxy) is 2. The minimum absolute atomic E-state index is 0.0848. The fourth-order valence-corrected chi connectivity index (χ4v) is 3.62. The average molecular weight is 394 g/mol. The number of H-pyrrole nitrogens is 1. The summed E-state index contributed by atoms with van der Waals surface area (Å²) in [5.41, 5.74) is 3.06. The van der Waals surface area contributed by atoms with Gasteiger partial charge in [-0.25, -0.2) is 4.98 Å².